The number of rotatable bonds is 9. The van der Waals surface area contributed by atoms with E-state index in [1.807, 2.05) is 19.1 Å². The predicted octanol–water partition coefficient (Wildman–Crippen LogP) is 4.28. The molecule has 0 amide bonds. The van der Waals surface area contributed by atoms with Crippen LogP contribution in [0.4, 0.5) is 0 Å². The lowest BCUT2D eigenvalue weighted by Gasteiger charge is -2.21. The number of halogens is 1. The van der Waals surface area contributed by atoms with Crippen LogP contribution in [0.15, 0.2) is 12.1 Å². The van der Waals surface area contributed by atoms with Gasteiger partial charge in [-0.2, -0.15) is 0 Å². The molecule has 0 fully saturated rings. The summed E-state index contributed by atoms with van der Waals surface area (Å²) in [7, 11) is 0. The smallest absolute Gasteiger partial charge is 0.126 e. The predicted molar refractivity (Wildman–Crippen MR) is 93.9 cm³/mol. The highest BCUT2D eigenvalue weighted by Crippen LogP contribution is 2.34. The molecule has 0 aromatic heterocycles. The van der Waals surface area contributed by atoms with Crippen molar-refractivity contribution in [1.82, 2.24) is 0 Å². The van der Waals surface area contributed by atoms with Crippen molar-refractivity contribution in [2.24, 2.45) is 5.73 Å². The Hall–Kier alpha value is -0.770. The molecule has 2 atom stereocenters. The molecule has 0 aliphatic carbocycles. The van der Waals surface area contributed by atoms with E-state index in [0.29, 0.717) is 25.4 Å². The van der Waals surface area contributed by atoms with Gasteiger partial charge in [0.1, 0.15) is 5.75 Å². The minimum absolute atomic E-state index is 0.163. The van der Waals surface area contributed by atoms with Gasteiger partial charge in [-0.05, 0) is 55.4 Å². The van der Waals surface area contributed by atoms with Crippen LogP contribution in [0.1, 0.15) is 64.0 Å². The molecule has 22 heavy (non-hydrogen) atoms. The third-order valence-electron chi connectivity index (χ3n) is 3.90. The molecule has 0 saturated heterocycles. The molecule has 3 nitrogen and oxygen atoms in total. The van der Waals surface area contributed by atoms with E-state index in [2.05, 4.69) is 20.8 Å². The standard InChI is InChI=1S/C18H30ClNO2/c1-5-7-16(20)17(21)9-8-13-10-14(19)11-15(12(3)4)18(13)22-6-2/h10-12,16-17,21H,5-9,20H2,1-4H3. The average molecular weight is 328 g/mol. The number of hydrogen-bond donors (Lipinski definition) is 2. The van der Waals surface area contributed by atoms with Crippen molar-refractivity contribution in [2.75, 3.05) is 6.61 Å². The van der Waals surface area contributed by atoms with Crippen LogP contribution >= 0.6 is 11.6 Å². The molecule has 2 unspecified atom stereocenters. The summed E-state index contributed by atoms with van der Waals surface area (Å²) >= 11 is 6.25. The molecule has 0 saturated carbocycles. The molecule has 0 heterocycles. The molecule has 126 valence electrons. The topological polar surface area (TPSA) is 55.5 Å². The van der Waals surface area contributed by atoms with Crippen molar-refractivity contribution in [3.8, 4) is 5.75 Å². The summed E-state index contributed by atoms with van der Waals surface area (Å²) in [5, 5.41) is 10.9. The van der Waals surface area contributed by atoms with Crippen molar-refractivity contribution >= 4 is 11.6 Å². The Bertz CT molecular complexity index is 463. The van der Waals surface area contributed by atoms with Gasteiger partial charge in [-0.1, -0.05) is 38.8 Å². The maximum atomic E-state index is 10.2. The Morgan fingerprint density at radius 3 is 2.45 bits per heavy atom. The summed E-state index contributed by atoms with van der Waals surface area (Å²) in [6.45, 7) is 8.93. The fraction of sp³-hybridized carbons (Fsp3) is 0.667. The lowest BCUT2D eigenvalue weighted by atomic mass is 9.94. The van der Waals surface area contributed by atoms with E-state index in [9.17, 15) is 5.11 Å². The number of ether oxygens (including phenoxy) is 1. The molecule has 1 aromatic rings. The zero-order valence-electron chi connectivity index (χ0n) is 14.2. The fourth-order valence-corrected chi connectivity index (χ4v) is 2.90. The summed E-state index contributed by atoms with van der Waals surface area (Å²) in [4.78, 5) is 0. The highest BCUT2D eigenvalue weighted by Gasteiger charge is 2.18. The van der Waals surface area contributed by atoms with Crippen LogP contribution in [-0.2, 0) is 6.42 Å². The lowest BCUT2D eigenvalue weighted by Crippen LogP contribution is -2.34. The van der Waals surface area contributed by atoms with Gasteiger partial charge in [0.15, 0.2) is 0 Å². The third-order valence-corrected chi connectivity index (χ3v) is 4.11. The minimum Gasteiger partial charge on any atom is -0.493 e. The van der Waals surface area contributed by atoms with Gasteiger partial charge in [-0.3, -0.25) is 0 Å². The fourth-order valence-electron chi connectivity index (χ4n) is 2.65. The molecule has 0 aliphatic heterocycles. The van der Waals surface area contributed by atoms with Crippen LogP contribution < -0.4 is 10.5 Å². The summed E-state index contributed by atoms with van der Waals surface area (Å²) < 4.78 is 5.85. The van der Waals surface area contributed by atoms with Crippen LogP contribution in [0.25, 0.3) is 0 Å². The third kappa shape index (κ3) is 5.45. The van der Waals surface area contributed by atoms with Gasteiger partial charge < -0.3 is 15.6 Å². The van der Waals surface area contributed by atoms with Crippen molar-refractivity contribution in [3.63, 3.8) is 0 Å². The summed E-state index contributed by atoms with van der Waals surface area (Å²) in [5.74, 6) is 1.25. The Kier molecular flexibility index (Phi) is 8.23. The van der Waals surface area contributed by atoms with E-state index in [1.54, 1.807) is 0 Å². The van der Waals surface area contributed by atoms with Gasteiger partial charge in [0, 0.05) is 11.1 Å². The largest absolute Gasteiger partial charge is 0.493 e. The van der Waals surface area contributed by atoms with Crippen LogP contribution in [0.2, 0.25) is 5.02 Å². The number of aliphatic hydroxyl groups is 1. The van der Waals surface area contributed by atoms with Gasteiger partial charge in [0.2, 0.25) is 0 Å². The van der Waals surface area contributed by atoms with Gasteiger partial charge in [0.25, 0.3) is 0 Å². The first kappa shape index (κ1) is 19.3. The Labute approximate surface area is 139 Å². The van der Waals surface area contributed by atoms with Crippen LogP contribution in [0, 0.1) is 0 Å². The first-order valence-corrected chi connectivity index (χ1v) is 8.67. The van der Waals surface area contributed by atoms with Crippen LogP contribution in [0.3, 0.4) is 0 Å². The van der Waals surface area contributed by atoms with Gasteiger partial charge >= 0.3 is 0 Å². The van der Waals surface area contributed by atoms with Gasteiger partial charge in [-0.15, -0.1) is 0 Å². The van der Waals surface area contributed by atoms with Gasteiger partial charge in [-0.25, -0.2) is 0 Å². The Morgan fingerprint density at radius 2 is 1.91 bits per heavy atom. The highest BCUT2D eigenvalue weighted by molar-refractivity contribution is 6.30. The second-order valence-corrected chi connectivity index (χ2v) is 6.57. The lowest BCUT2D eigenvalue weighted by molar-refractivity contribution is 0.130. The Balaban J connectivity index is 2.93. The molecule has 0 spiro atoms. The van der Waals surface area contributed by atoms with E-state index in [0.717, 1.165) is 34.7 Å². The van der Waals surface area contributed by atoms with E-state index in [1.165, 1.54) is 0 Å². The maximum Gasteiger partial charge on any atom is 0.126 e. The number of aliphatic hydroxyl groups excluding tert-OH is 1. The number of hydrogen-bond acceptors (Lipinski definition) is 3. The zero-order valence-corrected chi connectivity index (χ0v) is 15.0. The van der Waals surface area contributed by atoms with Crippen LogP contribution in [0.5, 0.6) is 5.75 Å². The molecule has 1 rings (SSSR count). The van der Waals surface area contributed by atoms with Crippen molar-refractivity contribution in [1.29, 1.82) is 0 Å². The number of benzene rings is 1. The van der Waals surface area contributed by atoms with Crippen molar-refractivity contribution in [3.05, 3.63) is 28.3 Å². The zero-order chi connectivity index (χ0) is 16.7. The molecular weight excluding hydrogens is 298 g/mol. The second kappa shape index (κ2) is 9.39. The number of aryl methyl sites for hydroxylation is 1. The van der Waals surface area contributed by atoms with Crippen LogP contribution in [-0.4, -0.2) is 23.9 Å². The normalized spacial score (nSPS) is 14.2. The average Bonchev–Trinajstić information content (AvgIpc) is 2.46. The summed E-state index contributed by atoms with van der Waals surface area (Å²) in [6, 6.07) is 3.75. The van der Waals surface area contributed by atoms with Crippen molar-refractivity contribution < 1.29 is 9.84 Å². The Morgan fingerprint density at radius 1 is 1.23 bits per heavy atom. The quantitative estimate of drug-likeness (QED) is 0.711. The summed E-state index contributed by atoms with van der Waals surface area (Å²) in [5.41, 5.74) is 8.17. The van der Waals surface area contributed by atoms with E-state index in [4.69, 9.17) is 22.1 Å². The van der Waals surface area contributed by atoms with E-state index in [-0.39, 0.29) is 6.04 Å². The maximum absolute atomic E-state index is 10.2. The molecular formula is C18H30ClNO2. The molecule has 0 aliphatic rings. The molecule has 1 aromatic carbocycles. The minimum atomic E-state index is -0.490. The first-order valence-electron chi connectivity index (χ1n) is 8.29. The molecule has 4 heteroatoms. The van der Waals surface area contributed by atoms with Crippen molar-refractivity contribution in [2.45, 2.75) is 71.4 Å². The van der Waals surface area contributed by atoms with Gasteiger partial charge in [0.05, 0.1) is 12.7 Å². The SMILES string of the molecule is CCCC(N)C(O)CCc1cc(Cl)cc(C(C)C)c1OCC. The van der Waals surface area contributed by atoms with E-state index >= 15 is 0 Å². The first-order chi connectivity index (χ1) is 10.4. The molecule has 0 radical (unpaired) electrons. The highest BCUT2D eigenvalue weighted by atomic mass is 35.5. The second-order valence-electron chi connectivity index (χ2n) is 6.13. The molecule has 0 bridgehead atoms. The monoisotopic (exact) mass is 327 g/mol. The van der Waals surface area contributed by atoms with E-state index < -0.39 is 6.10 Å². The summed E-state index contributed by atoms with van der Waals surface area (Å²) in [6.07, 6.45) is 2.67. The molecule has 3 N–H and O–H groups in total. The number of nitrogens with two attached hydrogens (primary N) is 1.